The van der Waals surface area contributed by atoms with E-state index in [9.17, 15) is 4.79 Å². The van der Waals surface area contributed by atoms with Crippen LogP contribution in [0.1, 0.15) is 21.7 Å². The molecule has 3 rings (SSSR count). The van der Waals surface area contributed by atoms with Crippen LogP contribution < -0.4 is 9.64 Å². The smallest absolute Gasteiger partial charge is 0.178 e. The summed E-state index contributed by atoms with van der Waals surface area (Å²) in [6.07, 6.45) is 1.87. The number of hydrogen-bond acceptors (Lipinski definition) is 4. The minimum Gasteiger partial charge on any atom is -0.497 e. The van der Waals surface area contributed by atoms with E-state index in [1.807, 2.05) is 38.1 Å². The van der Waals surface area contributed by atoms with E-state index in [0.717, 1.165) is 55.4 Å². The van der Waals surface area contributed by atoms with E-state index in [0.29, 0.717) is 6.54 Å². The van der Waals surface area contributed by atoms with Crippen molar-refractivity contribution in [2.45, 2.75) is 20.4 Å². The number of hydrogen-bond donors (Lipinski definition) is 0. The monoisotopic (exact) mass is 367 g/mol. The van der Waals surface area contributed by atoms with Gasteiger partial charge in [-0.05, 0) is 44.2 Å². The number of ether oxygens (including phenoxy) is 1. The molecule has 5 heteroatoms. The zero-order valence-electron chi connectivity index (χ0n) is 16.6. The van der Waals surface area contributed by atoms with E-state index < -0.39 is 0 Å². The van der Waals surface area contributed by atoms with Crippen molar-refractivity contribution in [3.8, 4) is 5.75 Å². The summed E-state index contributed by atoms with van der Waals surface area (Å²) < 4.78 is 7.36. The number of carbonyl (C=O) groups excluding carboxylic acids is 1. The summed E-state index contributed by atoms with van der Waals surface area (Å²) in [5, 5.41) is 0. The molecule has 5 nitrogen and oxygen atoms in total. The van der Waals surface area contributed by atoms with Crippen molar-refractivity contribution in [3.63, 3.8) is 0 Å². The van der Waals surface area contributed by atoms with Crippen molar-refractivity contribution in [2.75, 3.05) is 44.7 Å². The van der Waals surface area contributed by atoms with Crippen LogP contribution in [-0.2, 0) is 6.54 Å². The number of methoxy groups -OCH3 is 1. The van der Waals surface area contributed by atoms with Crippen molar-refractivity contribution >= 4 is 11.5 Å². The van der Waals surface area contributed by atoms with Gasteiger partial charge in [-0.1, -0.05) is 6.08 Å². The molecule has 1 fully saturated rings. The number of allylic oxidation sites excluding steroid dienone is 1. The van der Waals surface area contributed by atoms with Crippen LogP contribution in [0.3, 0.4) is 0 Å². The molecule has 1 aliphatic heterocycles. The molecule has 0 atom stereocenters. The van der Waals surface area contributed by atoms with Crippen LogP contribution in [-0.4, -0.2) is 55.1 Å². The zero-order valence-corrected chi connectivity index (χ0v) is 16.6. The Hall–Kier alpha value is -2.53. The van der Waals surface area contributed by atoms with Crippen molar-refractivity contribution in [2.24, 2.45) is 0 Å². The number of anilines is 1. The summed E-state index contributed by atoms with van der Waals surface area (Å²) >= 11 is 0. The van der Waals surface area contributed by atoms with E-state index in [1.165, 1.54) is 5.69 Å². The van der Waals surface area contributed by atoms with Gasteiger partial charge in [-0.3, -0.25) is 9.69 Å². The van der Waals surface area contributed by atoms with Gasteiger partial charge in [-0.25, -0.2) is 0 Å². The van der Waals surface area contributed by atoms with Crippen LogP contribution >= 0.6 is 0 Å². The van der Waals surface area contributed by atoms with Crippen LogP contribution in [0.2, 0.25) is 0 Å². The maximum absolute atomic E-state index is 12.8. The zero-order chi connectivity index (χ0) is 19.4. The predicted molar refractivity (Wildman–Crippen MR) is 110 cm³/mol. The number of nitrogens with zero attached hydrogens (tertiary/aromatic N) is 3. The lowest BCUT2D eigenvalue weighted by Crippen LogP contribution is -2.48. The summed E-state index contributed by atoms with van der Waals surface area (Å²) in [7, 11) is 1.68. The Morgan fingerprint density at radius 2 is 1.81 bits per heavy atom. The first kappa shape index (κ1) is 19.2. The van der Waals surface area contributed by atoms with E-state index in [1.54, 1.807) is 7.11 Å². The van der Waals surface area contributed by atoms with Gasteiger partial charge in [0.1, 0.15) is 5.75 Å². The summed E-state index contributed by atoms with van der Waals surface area (Å²) in [5.41, 5.74) is 4.19. The molecule has 1 saturated heterocycles. The molecule has 144 valence electrons. The fraction of sp³-hybridized carbons (Fsp3) is 0.409. The Labute approximate surface area is 161 Å². The summed E-state index contributed by atoms with van der Waals surface area (Å²) in [4.78, 5) is 17.4. The summed E-state index contributed by atoms with van der Waals surface area (Å²) in [6.45, 7) is 12.7. The van der Waals surface area contributed by atoms with E-state index in [2.05, 4.69) is 33.1 Å². The third kappa shape index (κ3) is 4.25. The average Bonchev–Trinajstić information content (AvgIpc) is 2.97. The lowest BCUT2D eigenvalue weighted by atomic mass is 10.1. The number of carbonyl (C=O) groups is 1. The highest BCUT2D eigenvalue weighted by Crippen LogP contribution is 2.21. The Morgan fingerprint density at radius 3 is 2.41 bits per heavy atom. The Bertz CT molecular complexity index is 800. The normalized spacial score (nSPS) is 15.0. The maximum atomic E-state index is 12.8. The molecule has 1 aromatic carbocycles. The van der Waals surface area contributed by atoms with E-state index >= 15 is 0 Å². The molecule has 0 bridgehead atoms. The second kappa shape index (κ2) is 8.44. The Morgan fingerprint density at radius 1 is 1.15 bits per heavy atom. The number of rotatable bonds is 7. The molecular weight excluding hydrogens is 338 g/mol. The standard InChI is InChI=1S/C22H29N3O2/c1-5-10-25-17(2)15-21(18(25)3)22(26)16-23-11-13-24(14-12-23)19-6-8-20(27-4)9-7-19/h5-9,15H,1,10-14,16H2,2-4H3. The molecular formula is C22H29N3O2. The third-order valence-corrected chi connectivity index (χ3v) is 5.36. The van der Waals surface area contributed by atoms with Crippen molar-refractivity contribution < 1.29 is 9.53 Å². The summed E-state index contributed by atoms with van der Waals surface area (Å²) in [6, 6.07) is 10.2. The van der Waals surface area contributed by atoms with Gasteiger partial charge in [-0.15, -0.1) is 6.58 Å². The second-order valence-corrected chi connectivity index (χ2v) is 7.07. The molecule has 2 heterocycles. The van der Waals surface area contributed by atoms with Crippen molar-refractivity contribution in [1.82, 2.24) is 9.47 Å². The van der Waals surface area contributed by atoms with Crippen LogP contribution in [0.15, 0.2) is 43.0 Å². The van der Waals surface area contributed by atoms with Crippen LogP contribution in [0, 0.1) is 13.8 Å². The first-order valence-corrected chi connectivity index (χ1v) is 9.45. The highest BCUT2D eigenvalue weighted by molar-refractivity contribution is 5.99. The largest absolute Gasteiger partial charge is 0.497 e. The molecule has 0 saturated carbocycles. The number of aromatic nitrogens is 1. The highest BCUT2D eigenvalue weighted by Gasteiger charge is 2.22. The first-order chi connectivity index (χ1) is 13.0. The summed E-state index contributed by atoms with van der Waals surface area (Å²) in [5.74, 6) is 1.08. The van der Waals surface area contributed by atoms with Crippen LogP contribution in [0.25, 0.3) is 0 Å². The van der Waals surface area contributed by atoms with Gasteiger partial charge in [0, 0.05) is 55.4 Å². The minimum atomic E-state index is 0.205. The third-order valence-electron chi connectivity index (χ3n) is 5.36. The number of ketones is 1. The quantitative estimate of drug-likeness (QED) is 0.556. The molecule has 0 N–H and O–H groups in total. The minimum absolute atomic E-state index is 0.205. The second-order valence-electron chi connectivity index (χ2n) is 7.07. The number of Topliss-reactive ketones (excluding diaryl/α,β-unsaturated/α-hetero) is 1. The lowest BCUT2D eigenvalue weighted by Gasteiger charge is -2.35. The highest BCUT2D eigenvalue weighted by atomic mass is 16.5. The SMILES string of the molecule is C=CCn1c(C)cc(C(=O)CN2CCN(c3ccc(OC)cc3)CC2)c1C. The van der Waals surface area contributed by atoms with E-state index in [-0.39, 0.29) is 5.78 Å². The van der Waals surface area contributed by atoms with Gasteiger partial charge in [-0.2, -0.15) is 0 Å². The number of benzene rings is 1. The van der Waals surface area contributed by atoms with Crippen LogP contribution in [0.4, 0.5) is 5.69 Å². The fourth-order valence-corrected chi connectivity index (χ4v) is 3.74. The molecule has 0 unspecified atom stereocenters. The predicted octanol–water partition coefficient (Wildman–Crippen LogP) is 3.30. The molecule has 27 heavy (non-hydrogen) atoms. The van der Waals surface area contributed by atoms with Crippen molar-refractivity contribution in [3.05, 3.63) is 59.9 Å². The topological polar surface area (TPSA) is 37.7 Å². The first-order valence-electron chi connectivity index (χ1n) is 9.45. The van der Waals surface area contributed by atoms with Gasteiger partial charge in [0.25, 0.3) is 0 Å². The Balaban J connectivity index is 1.58. The lowest BCUT2D eigenvalue weighted by molar-refractivity contribution is 0.0925. The van der Waals surface area contributed by atoms with Gasteiger partial charge in [0.2, 0.25) is 0 Å². The molecule has 1 aromatic heterocycles. The van der Waals surface area contributed by atoms with Gasteiger partial charge < -0.3 is 14.2 Å². The molecule has 2 aromatic rings. The van der Waals surface area contributed by atoms with Crippen molar-refractivity contribution in [1.29, 1.82) is 0 Å². The Kier molecular flexibility index (Phi) is 6.01. The van der Waals surface area contributed by atoms with Gasteiger partial charge in [0.15, 0.2) is 5.78 Å². The van der Waals surface area contributed by atoms with E-state index in [4.69, 9.17) is 4.74 Å². The molecule has 0 amide bonds. The van der Waals surface area contributed by atoms with Gasteiger partial charge in [0.05, 0.1) is 13.7 Å². The van der Waals surface area contributed by atoms with Gasteiger partial charge >= 0.3 is 0 Å². The fourth-order valence-electron chi connectivity index (χ4n) is 3.74. The molecule has 1 aliphatic rings. The molecule has 0 spiro atoms. The molecule has 0 radical (unpaired) electrons. The average molecular weight is 367 g/mol. The maximum Gasteiger partial charge on any atom is 0.178 e. The molecule has 0 aliphatic carbocycles. The number of piperazine rings is 1. The number of aryl methyl sites for hydroxylation is 1. The van der Waals surface area contributed by atoms with Crippen LogP contribution in [0.5, 0.6) is 5.75 Å².